The van der Waals surface area contributed by atoms with E-state index in [1.165, 1.54) is 24.9 Å². The number of amides is 1. The smallest absolute Gasteiger partial charge is 0.270 e. The zero-order valence-electron chi connectivity index (χ0n) is 16.9. The molecular formula is C22H31N5O. The molecule has 2 heterocycles. The van der Waals surface area contributed by atoms with Crippen molar-refractivity contribution >= 4 is 23.1 Å². The predicted octanol–water partition coefficient (Wildman–Crippen LogP) is 4.38. The Morgan fingerprint density at radius 2 is 1.89 bits per heavy atom. The van der Waals surface area contributed by atoms with Gasteiger partial charge in [0.2, 0.25) is 0 Å². The van der Waals surface area contributed by atoms with Gasteiger partial charge in [-0.1, -0.05) is 26.7 Å². The third-order valence-electron chi connectivity index (χ3n) is 5.25. The van der Waals surface area contributed by atoms with E-state index >= 15 is 0 Å². The molecule has 0 atom stereocenters. The molecule has 2 aromatic rings. The summed E-state index contributed by atoms with van der Waals surface area (Å²) in [5, 5.41) is 6.17. The Morgan fingerprint density at radius 3 is 2.61 bits per heavy atom. The van der Waals surface area contributed by atoms with Crippen LogP contribution in [0.25, 0.3) is 0 Å². The number of carbonyl (C=O) groups is 1. The Hall–Kier alpha value is -2.63. The minimum Gasteiger partial charge on any atom is -0.372 e. The van der Waals surface area contributed by atoms with Crippen molar-refractivity contribution in [2.45, 2.75) is 46.0 Å². The highest BCUT2D eigenvalue weighted by atomic mass is 16.1. The summed E-state index contributed by atoms with van der Waals surface area (Å²) in [7, 11) is 0. The van der Waals surface area contributed by atoms with Crippen molar-refractivity contribution in [1.29, 1.82) is 0 Å². The molecule has 1 aliphatic heterocycles. The van der Waals surface area contributed by atoms with E-state index in [-0.39, 0.29) is 5.91 Å². The summed E-state index contributed by atoms with van der Waals surface area (Å²) in [5.74, 6) is 1.29. The second-order valence-corrected chi connectivity index (χ2v) is 7.59. The van der Waals surface area contributed by atoms with Gasteiger partial charge < -0.3 is 15.5 Å². The van der Waals surface area contributed by atoms with E-state index in [1.54, 1.807) is 6.07 Å². The number of rotatable bonds is 8. The van der Waals surface area contributed by atoms with Crippen molar-refractivity contribution in [3.8, 4) is 0 Å². The molecule has 28 heavy (non-hydrogen) atoms. The van der Waals surface area contributed by atoms with Crippen LogP contribution in [0, 0.1) is 5.92 Å². The van der Waals surface area contributed by atoms with Crippen molar-refractivity contribution in [3.05, 3.63) is 42.4 Å². The topological polar surface area (TPSA) is 70.2 Å². The summed E-state index contributed by atoms with van der Waals surface area (Å²) in [6.45, 7) is 7.39. The van der Waals surface area contributed by atoms with E-state index in [9.17, 15) is 4.79 Å². The SMILES string of the molecule is CCCCCNC(=O)c1cc(Nc2ccc(N3CCC(C)CC3)cc2)ncn1. The Bertz CT molecular complexity index is 754. The van der Waals surface area contributed by atoms with Crippen molar-refractivity contribution in [1.82, 2.24) is 15.3 Å². The van der Waals surface area contributed by atoms with Crippen molar-refractivity contribution in [3.63, 3.8) is 0 Å². The third kappa shape index (κ3) is 5.68. The van der Waals surface area contributed by atoms with Crippen LogP contribution >= 0.6 is 0 Å². The average Bonchev–Trinajstić information content (AvgIpc) is 2.72. The van der Waals surface area contributed by atoms with Gasteiger partial charge in [0.1, 0.15) is 17.8 Å². The quantitative estimate of drug-likeness (QED) is 0.664. The predicted molar refractivity (Wildman–Crippen MR) is 114 cm³/mol. The molecule has 3 rings (SSSR count). The van der Waals surface area contributed by atoms with Crippen molar-refractivity contribution < 1.29 is 4.79 Å². The first-order chi connectivity index (χ1) is 13.7. The van der Waals surface area contributed by atoms with Crippen LogP contribution in [0.3, 0.4) is 0 Å². The molecule has 0 spiro atoms. The lowest BCUT2D eigenvalue weighted by Crippen LogP contribution is -2.32. The third-order valence-corrected chi connectivity index (χ3v) is 5.25. The molecule has 6 heteroatoms. The Morgan fingerprint density at radius 1 is 1.14 bits per heavy atom. The fourth-order valence-electron chi connectivity index (χ4n) is 3.39. The van der Waals surface area contributed by atoms with Gasteiger partial charge in [-0.15, -0.1) is 0 Å². The van der Waals surface area contributed by atoms with Crippen LogP contribution in [0.15, 0.2) is 36.7 Å². The van der Waals surface area contributed by atoms with E-state index in [0.717, 1.165) is 44.0 Å². The summed E-state index contributed by atoms with van der Waals surface area (Å²) in [5.41, 5.74) is 2.59. The number of carbonyl (C=O) groups excluding carboxylic acids is 1. The number of aromatic nitrogens is 2. The van der Waals surface area contributed by atoms with Gasteiger partial charge in [-0.3, -0.25) is 4.79 Å². The summed E-state index contributed by atoms with van der Waals surface area (Å²) >= 11 is 0. The molecule has 6 nitrogen and oxygen atoms in total. The van der Waals surface area contributed by atoms with Crippen LogP contribution in [0.4, 0.5) is 17.2 Å². The molecule has 0 saturated carbocycles. The van der Waals surface area contributed by atoms with Crippen molar-refractivity contribution in [2.24, 2.45) is 5.92 Å². The van der Waals surface area contributed by atoms with Gasteiger partial charge in [-0.05, 0) is 49.4 Å². The Labute approximate surface area is 167 Å². The lowest BCUT2D eigenvalue weighted by atomic mass is 9.99. The van der Waals surface area contributed by atoms with E-state index in [4.69, 9.17) is 0 Å². The van der Waals surface area contributed by atoms with Gasteiger partial charge in [-0.25, -0.2) is 9.97 Å². The molecule has 150 valence electrons. The van der Waals surface area contributed by atoms with Gasteiger partial charge in [0.15, 0.2) is 0 Å². The van der Waals surface area contributed by atoms with Gasteiger partial charge in [0.05, 0.1) is 0 Å². The zero-order valence-corrected chi connectivity index (χ0v) is 16.9. The van der Waals surface area contributed by atoms with Crippen LogP contribution in [-0.2, 0) is 0 Å². The Balaban J connectivity index is 1.57. The zero-order chi connectivity index (χ0) is 19.8. The van der Waals surface area contributed by atoms with E-state index in [2.05, 4.69) is 63.6 Å². The Kier molecular flexibility index (Phi) is 7.23. The summed E-state index contributed by atoms with van der Waals surface area (Å²) in [6.07, 6.45) is 7.16. The lowest BCUT2D eigenvalue weighted by molar-refractivity contribution is 0.0948. The van der Waals surface area contributed by atoms with Crippen molar-refractivity contribution in [2.75, 3.05) is 29.9 Å². The maximum absolute atomic E-state index is 12.2. The molecule has 1 amide bonds. The summed E-state index contributed by atoms with van der Waals surface area (Å²) in [6, 6.07) is 10.1. The molecule has 0 radical (unpaired) electrons. The van der Waals surface area contributed by atoms with Gasteiger partial charge >= 0.3 is 0 Å². The minimum absolute atomic E-state index is 0.156. The fraction of sp³-hybridized carbons (Fsp3) is 0.500. The van der Waals surface area contributed by atoms with Crippen LogP contribution in [0.1, 0.15) is 56.4 Å². The first-order valence-corrected chi connectivity index (χ1v) is 10.4. The molecule has 1 aromatic carbocycles. The van der Waals surface area contributed by atoms with Gasteiger partial charge in [-0.2, -0.15) is 0 Å². The van der Waals surface area contributed by atoms with E-state index < -0.39 is 0 Å². The molecule has 1 aliphatic rings. The standard InChI is InChI=1S/C22H31N5O/c1-3-4-5-12-23-22(28)20-15-21(25-16-24-20)26-18-6-8-19(9-7-18)27-13-10-17(2)11-14-27/h6-9,15-17H,3-5,10-14H2,1-2H3,(H,23,28)(H,24,25,26). The summed E-state index contributed by atoms with van der Waals surface area (Å²) < 4.78 is 0. The highest BCUT2D eigenvalue weighted by Gasteiger charge is 2.16. The average molecular weight is 382 g/mol. The molecule has 1 fully saturated rings. The normalized spacial score (nSPS) is 14.7. The number of piperidine rings is 1. The maximum atomic E-state index is 12.2. The second-order valence-electron chi connectivity index (χ2n) is 7.59. The number of anilines is 3. The number of nitrogens with one attached hydrogen (secondary N) is 2. The van der Waals surface area contributed by atoms with Crippen LogP contribution in [-0.4, -0.2) is 35.5 Å². The molecular weight excluding hydrogens is 350 g/mol. The number of hydrogen-bond acceptors (Lipinski definition) is 5. The highest BCUT2D eigenvalue weighted by molar-refractivity contribution is 5.92. The van der Waals surface area contributed by atoms with E-state index in [0.29, 0.717) is 18.1 Å². The number of nitrogens with zero attached hydrogens (tertiary/aromatic N) is 3. The lowest BCUT2D eigenvalue weighted by Gasteiger charge is -2.32. The fourth-order valence-corrected chi connectivity index (χ4v) is 3.39. The van der Waals surface area contributed by atoms with Gasteiger partial charge in [0, 0.05) is 37.1 Å². The molecule has 0 unspecified atom stereocenters. The molecule has 1 saturated heterocycles. The summed E-state index contributed by atoms with van der Waals surface area (Å²) in [4.78, 5) is 23.0. The highest BCUT2D eigenvalue weighted by Crippen LogP contribution is 2.25. The first kappa shape index (κ1) is 20.1. The molecule has 1 aromatic heterocycles. The maximum Gasteiger partial charge on any atom is 0.270 e. The number of hydrogen-bond donors (Lipinski definition) is 2. The number of benzene rings is 1. The van der Waals surface area contributed by atoms with E-state index in [1.807, 2.05) is 0 Å². The van der Waals surface area contributed by atoms with Crippen LogP contribution < -0.4 is 15.5 Å². The molecule has 2 N–H and O–H groups in total. The second kappa shape index (κ2) is 10.1. The molecule has 0 aliphatic carbocycles. The van der Waals surface area contributed by atoms with Crippen LogP contribution in [0.5, 0.6) is 0 Å². The monoisotopic (exact) mass is 381 g/mol. The molecule has 0 bridgehead atoms. The number of unbranched alkanes of at least 4 members (excludes halogenated alkanes) is 2. The van der Waals surface area contributed by atoms with Gasteiger partial charge in [0.25, 0.3) is 5.91 Å². The van der Waals surface area contributed by atoms with Crippen LogP contribution in [0.2, 0.25) is 0 Å². The largest absolute Gasteiger partial charge is 0.372 e. The minimum atomic E-state index is -0.156. The first-order valence-electron chi connectivity index (χ1n) is 10.4.